The predicted molar refractivity (Wildman–Crippen MR) is 405 cm³/mol. The van der Waals surface area contributed by atoms with Crippen molar-refractivity contribution in [3.05, 3.63) is 326 Å². The minimum absolute atomic E-state index is 0.780. The fourth-order valence-electron chi connectivity index (χ4n) is 18.0. The summed E-state index contributed by atoms with van der Waals surface area (Å²) >= 11 is 0. The van der Waals surface area contributed by atoms with Crippen LogP contribution >= 0.6 is 0 Å². The maximum Gasteiger partial charge on any atom is 0.135 e. The minimum Gasteiger partial charge on any atom is -0.456 e. The fraction of sp³-hybridized carbons (Fsp3) is 0.0435. The quantitative estimate of drug-likeness (QED) is 0.158. The molecule has 6 nitrogen and oxygen atoms in total. The van der Waals surface area contributed by atoms with Crippen LogP contribution in [0.1, 0.15) is 36.1 Å². The molecule has 20 aromatic rings. The third kappa shape index (κ3) is 7.09. The van der Waals surface area contributed by atoms with Crippen LogP contribution in [0.5, 0.6) is 0 Å². The van der Waals surface area contributed by atoms with Gasteiger partial charge in [0.1, 0.15) is 44.7 Å². The van der Waals surface area contributed by atoms with Crippen molar-refractivity contribution in [3.63, 3.8) is 0 Å². The average molecular weight is 1250 g/mol. The van der Waals surface area contributed by atoms with Gasteiger partial charge in [-0.25, -0.2) is 0 Å². The second-order valence-electron chi connectivity index (χ2n) is 27.2. The van der Waals surface area contributed by atoms with Crippen LogP contribution in [0.4, 0.5) is 34.1 Å². The summed E-state index contributed by atoms with van der Waals surface area (Å²) < 4.78 is 26.4. The Morgan fingerprint density at radius 2 is 0.459 bits per heavy atom. The lowest BCUT2D eigenvalue weighted by atomic mass is 9.56. The smallest absolute Gasteiger partial charge is 0.135 e. The van der Waals surface area contributed by atoms with Gasteiger partial charge in [-0.2, -0.15) is 0 Å². The summed E-state index contributed by atoms with van der Waals surface area (Å²) in [6, 6.07) is 112. The van der Waals surface area contributed by atoms with E-state index in [-0.39, 0.29) is 0 Å². The number of hydrogen-bond acceptors (Lipinski definition) is 6. The van der Waals surface area contributed by atoms with Gasteiger partial charge in [-0.05, 0) is 186 Å². The van der Waals surface area contributed by atoms with Crippen molar-refractivity contribution in [3.8, 4) is 22.3 Å². The zero-order valence-electron chi connectivity index (χ0n) is 53.4. The normalized spacial score (nSPS) is 15.7. The molecule has 0 spiro atoms. The first kappa shape index (κ1) is 53.7. The molecule has 98 heavy (non-hydrogen) atoms. The Bertz CT molecular complexity index is 6260. The zero-order valence-corrected chi connectivity index (χ0v) is 53.4. The molecular weight excluding hydrogens is 1200 g/mol. The van der Waals surface area contributed by atoms with E-state index in [1.807, 2.05) is 24.3 Å². The van der Waals surface area contributed by atoms with E-state index in [0.717, 1.165) is 133 Å². The molecule has 0 bridgehead atoms. The molecule has 2 unspecified atom stereocenters. The van der Waals surface area contributed by atoms with E-state index in [1.54, 1.807) is 0 Å². The van der Waals surface area contributed by atoms with E-state index in [9.17, 15) is 0 Å². The third-order valence-electron chi connectivity index (χ3n) is 22.5. The lowest BCUT2D eigenvalue weighted by molar-refractivity contribution is 0.376. The molecule has 0 saturated carbocycles. The van der Waals surface area contributed by atoms with Crippen molar-refractivity contribution in [2.75, 3.05) is 9.80 Å². The molecule has 2 atom stereocenters. The van der Waals surface area contributed by atoms with Gasteiger partial charge in [-0.15, -0.1) is 0 Å². The maximum absolute atomic E-state index is 6.59. The second kappa shape index (κ2) is 19.5. The highest BCUT2D eigenvalue weighted by molar-refractivity contribution is 6.20. The summed E-state index contributed by atoms with van der Waals surface area (Å²) in [6.07, 6.45) is 0. The molecule has 0 amide bonds. The second-order valence-corrected chi connectivity index (χ2v) is 27.2. The van der Waals surface area contributed by atoms with Crippen LogP contribution in [0.2, 0.25) is 0 Å². The number of benzene rings is 16. The molecule has 0 fully saturated rings. The van der Waals surface area contributed by atoms with Gasteiger partial charge in [-0.1, -0.05) is 208 Å². The van der Waals surface area contributed by atoms with Crippen molar-refractivity contribution in [2.45, 2.75) is 24.7 Å². The Morgan fingerprint density at radius 3 is 0.786 bits per heavy atom. The Balaban J connectivity index is 0.871. The summed E-state index contributed by atoms with van der Waals surface area (Å²) in [5.74, 6) is 0. The number of furan rings is 4. The molecule has 22 rings (SSSR count). The Labute approximate surface area is 561 Å². The van der Waals surface area contributed by atoms with E-state index in [2.05, 4.69) is 303 Å². The molecule has 458 valence electrons. The summed E-state index contributed by atoms with van der Waals surface area (Å²) in [5.41, 5.74) is 21.6. The summed E-state index contributed by atoms with van der Waals surface area (Å²) in [5, 5.41) is 18.0. The summed E-state index contributed by atoms with van der Waals surface area (Å²) in [4.78, 5) is 5.01. The van der Waals surface area contributed by atoms with Crippen molar-refractivity contribution in [1.82, 2.24) is 0 Å². The van der Waals surface area contributed by atoms with Gasteiger partial charge in [0.05, 0.1) is 11.4 Å². The van der Waals surface area contributed by atoms with Crippen LogP contribution in [0, 0.1) is 0 Å². The van der Waals surface area contributed by atoms with Crippen LogP contribution in [0.3, 0.4) is 0 Å². The average Bonchev–Trinajstić information content (AvgIpc) is 1.49. The van der Waals surface area contributed by atoms with Crippen molar-refractivity contribution < 1.29 is 17.7 Å². The van der Waals surface area contributed by atoms with Crippen LogP contribution in [0.25, 0.3) is 153 Å². The largest absolute Gasteiger partial charge is 0.456 e. The molecule has 4 heterocycles. The zero-order chi connectivity index (χ0) is 64.3. The lowest BCUT2D eigenvalue weighted by Gasteiger charge is -2.46. The minimum atomic E-state index is -0.780. The third-order valence-corrected chi connectivity index (χ3v) is 22.5. The van der Waals surface area contributed by atoms with Gasteiger partial charge in [0, 0.05) is 87.4 Å². The number of hydrogen-bond donors (Lipinski definition) is 0. The molecule has 0 N–H and O–H groups in total. The van der Waals surface area contributed by atoms with E-state index in [4.69, 9.17) is 17.7 Å². The van der Waals surface area contributed by atoms with Crippen LogP contribution < -0.4 is 9.80 Å². The molecule has 16 aromatic carbocycles. The lowest BCUT2D eigenvalue weighted by Crippen LogP contribution is -2.44. The number of fused-ring (bicyclic) bond motifs is 26. The number of anilines is 6. The predicted octanol–water partition coefficient (Wildman–Crippen LogP) is 26.1. The highest BCUT2D eigenvalue weighted by Gasteiger charge is 2.59. The molecule has 0 saturated heterocycles. The van der Waals surface area contributed by atoms with Gasteiger partial charge >= 0.3 is 0 Å². The van der Waals surface area contributed by atoms with Gasteiger partial charge in [0.25, 0.3) is 0 Å². The van der Waals surface area contributed by atoms with Crippen molar-refractivity contribution in [2.24, 2.45) is 0 Å². The number of rotatable bonds is 7. The standard InChI is InChI=1S/C92H56N2O4/c1-91(73-41-35-53-19-3-5-21-59(53)87(73)89-67-29-9-7-23-61(67)77(51-75(89)91)93(55-37-43-83-69(47-55)63-25-11-15-31-79(63)95-83)56-38-44-84-70(48-56)64-26-12-16-32-80(64)96-84)92(2)74-42-36-54-20-4-6-22-60(54)88(74)90-68-30-10-8-24-62(68)78(52-76(90)92)94(57-39-45-85-71(49-57)65-27-13-17-33-81(65)97-85)58-40-46-86-72(50-58)66-28-14-18-34-82(66)98-86/h3-52H,1-2H3. The summed E-state index contributed by atoms with van der Waals surface area (Å²) in [7, 11) is 0. The highest BCUT2D eigenvalue weighted by Crippen LogP contribution is 2.69. The van der Waals surface area contributed by atoms with Crippen LogP contribution in [-0.2, 0) is 10.8 Å². The van der Waals surface area contributed by atoms with Gasteiger partial charge in [-0.3, -0.25) is 0 Å². The SMILES string of the molecule is CC1(C2(C)c3ccc4ccccc4c3-c3c2cc(N(c2ccc4oc5ccccc5c4c2)c2ccc4oc5ccccc5c4c2)c2ccccc32)c2ccc3ccccc3c2-c2c1cc(N(c1ccc3oc4ccccc4c3c1)c1ccc3oc4ccccc4c3c1)c1ccccc21. The topological polar surface area (TPSA) is 59.0 Å². The first-order chi connectivity index (χ1) is 48.3. The highest BCUT2D eigenvalue weighted by atomic mass is 16.3. The van der Waals surface area contributed by atoms with E-state index >= 15 is 0 Å². The van der Waals surface area contributed by atoms with Gasteiger partial charge in [0.2, 0.25) is 0 Å². The Hall–Kier alpha value is -12.6. The van der Waals surface area contributed by atoms with Gasteiger partial charge < -0.3 is 27.5 Å². The van der Waals surface area contributed by atoms with Crippen LogP contribution in [-0.4, -0.2) is 0 Å². The van der Waals surface area contributed by atoms with E-state index in [1.165, 1.54) is 76.8 Å². The maximum atomic E-state index is 6.59. The van der Waals surface area contributed by atoms with Crippen LogP contribution in [0.15, 0.2) is 321 Å². The fourth-order valence-corrected chi connectivity index (χ4v) is 18.0. The first-order valence-electron chi connectivity index (χ1n) is 33.8. The number of para-hydroxylation sites is 4. The molecular formula is C92H56N2O4. The molecule has 2 aliphatic carbocycles. The van der Waals surface area contributed by atoms with Crippen molar-refractivity contribution >= 4 is 165 Å². The Morgan fingerprint density at radius 1 is 0.204 bits per heavy atom. The molecule has 4 aromatic heterocycles. The molecule has 2 aliphatic rings. The van der Waals surface area contributed by atoms with E-state index in [0.29, 0.717) is 0 Å². The van der Waals surface area contributed by atoms with Crippen molar-refractivity contribution in [1.29, 1.82) is 0 Å². The summed E-state index contributed by atoms with van der Waals surface area (Å²) in [6.45, 7) is 5.17. The molecule has 0 aliphatic heterocycles. The Kier molecular flexibility index (Phi) is 10.7. The number of nitrogens with zero attached hydrogens (tertiary/aromatic N) is 2. The molecule has 6 heteroatoms. The van der Waals surface area contributed by atoms with Gasteiger partial charge in [0.15, 0.2) is 0 Å². The van der Waals surface area contributed by atoms with E-state index < -0.39 is 10.8 Å². The monoisotopic (exact) mass is 1250 g/mol. The first-order valence-corrected chi connectivity index (χ1v) is 33.8. The molecule has 0 radical (unpaired) electrons.